The fraction of sp³-hybridized carbons (Fsp3) is 0.833. The van der Waals surface area contributed by atoms with Gasteiger partial charge in [-0.15, -0.1) is 0 Å². The van der Waals surface area contributed by atoms with Gasteiger partial charge in [0.1, 0.15) is 0 Å². The Labute approximate surface area is 53.9 Å². The number of hydrogen-bond donors (Lipinski definition) is 3. The van der Waals surface area contributed by atoms with E-state index in [4.69, 9.17) is 15.3 Å². The van der Waals surface area contributed by atoms with Crippen molar-refractivity contribution in [1.29, 1.82) is 0 Å². The first-order chi connectivity index (χ1) is 4.25. The van der Waals surface area contributed by atoms with E-state index in [0.29, 0.717) is 6.42 Å². The van der Waals surface area contributed by atoms with E-state index in [9.17, 15) is 0 Å². The van der Waals surface area contributed by atoms with Crippen molar-refractivity contribution in [2.45, 2.75) is 18.6 Å². The summed E-state index contributed by atoms with van der Waals surface area (Å²) in [5, 5.41) is 26.5. The van der Waals surface area contributed by atoms with Gasteiger partial charge in [-0.1, -0.05) is 0 Å². The third-order valence-corrected chi connectivity index (χ3v) is 1.75. The zero-order valence-electron chi connectivity index (χ0n) is 5.07. The van der Waals surface area contributed by atoms with Gasteiger partial charge in [-0.05, 0) is 12.8 Å². The van der Waals surface area contributed by atoms with E-state index in [-0.39, 0.29) is 12.5 Å². The minimum absolute atomic E-state index is 0.0469. The summed E-state index contributed by atoms with van der Waals surface area (Å²) in [7, 11) is 0. The quantitative estimate of drug-likeness (QED) is 0.424. The third-order valence-electron chi connectivity index (χ3n) is 1.75. The summed E-state index contributed by atoms with van der Waals surface area (Å²) in [6.07, 6.45) is 0.738. The lowest BCUT2D eigenvalue weighted by Crippen LogP contribution is -2.26. The molecule has 0 heterocycles. The van der Waals surface area contributed by atoms with Gasteiger partial charge in [0.2, 0.25) is 0 Å². The fourth-order valence-electron chi connectivity index (χ4n) is 1.05. The molecule has 0 aromatic heterocycles. The molecule has 1 radical (unpaired) electrons. The lowest BCUT2D eigenvalue weighted by molar-refractivity contribution is 0.0143. The Bertz CT molecular complexity index is 94.3. The highest BCUT2D eigenvalue weighted by atomic mass is 16.3. The highest BCUT2D eigenvalue weighted by molar-refractivity contribution is 4.95. The highest BCUT2D eigenvalue weighted by Crippen LogP contribution is 2.24. The molecule has 3 heteroatoms. The van der Waals surface area contributed by atoms with Crippen LogP contribution >= 0.6 is 0 Å². The van der Waals surface area contributed by atoms with Gasteiger partial charge in [0.05, 0.1) is 12.2 Å². The molecular formula is C6H11O3. The predicted molar refractivity (Wildman–Crippen MR) is 31.5 cm³/mol. The summed E-state index contributed by atoms with van der Waals surface area (Å²) in [6, 6.07) is 0. The Morgan fingerprint density at radius 1 is 1.44 bits per heavy atom. The Hall–Kier alpha value is -0.120. The third kappa shape index (κ3) is 1.23. The van der Waals surface area contributed by atoms with Crippen molar-refractivity contribution in [1.82, 2.24) is 0 Å². The standard InChI is InChI=1S/C6H11O3/c7-3-4-1-2-5(8)6(4)9/h2,4-9H,1,3H2/t4-,5-,6+/m0/s1. The van der Waals surface area contributed by atoms with Crippen LogP contribution in [0.1, 0.15) is 6.42 Å². The average Bonchev–Trinajstić information content (AvgIpc) is 2.15. The molecule has 0 unspecified atom stereocenters. The molecule has 1 aliphatic carbocycles. The summed E-state index contributed by atoms with van der Waals surface area (Å²) in [5.74, 6) is -0.153. The molecule has 0 amide bonds. The van der Waals surface area contributed by atoms with Gasteiger partial charge in [-0.2, -0.15) is 0 Å². The number of aliphatic hydroxyl groups excluding tert-OH is 3. The molecule has 0 aliphatic heterocycles. The van der Waals surface area contributed by atoms with Crippen molar-refractivity contribution >= 4 is 0 Å². The van der Waals surface area contributed by atoms with Crippen molar-refractivity contribution in [3.8, 4) is 0 Å². The number of rotatable bonds is 1. The topological polar surface area (TPSA) is 60.7 Å². The van der Waals surface area contributed by atoms with E-state index in [1.807, 2.05) is 0 Å². The van der Waals surface area contributed by atoms with E-state index < -0.39 is 12.2 Å². The van der Waals surface area contributed by atoms with Crippen LogP contribution in [0.5, 0.6) is 0 Å². The first-order valence-electron chi connectivity index (χ1n) is 3.06. The van der Waals surface area contributed by atoms with Crippen LogP contribution in [0, 0.1) is 12.3 Å². The van der Waals surface area contributed by atoms with E-state index in [0.717, 1.165) is 0 Å². The second-order valence-electron chi connectivity index (χ2n) is 2.40. The van der Waals surface area contributed by atoms with Crippen LogP contribution in [-0.2, 0) is 0 Å². The maximum atomic E-state index is 9.02. The van der Waals surface area contributed by atoms with Gasteiger partial charge < -0.3 is 15.3 Å². The fourth-order valence-corrected chi connectivity index (χ4v) is 1.05. The molecule has 3 atom stereocenters. The molecular weight excluding hydrogens is 120 g/mol. The normalized spacial score (nSPS) is 43.7. The number of aliphatic hydroxyl groups is 3. The van der Waals surface area contributed by atoms with Gasteiger partial charge in [0, 0.05) is 12.5 Å². The molecule has 0 spiro atoms. The first-order valence-corrected chi connectivity index (χ1v) is 3.06. The Kier molecular flexibility index (Phi) is 2.05. The molecule has 9 heavy (non-hydrogen) atoms. The van der Waals surface area contributed by atoms with Gasteiger partial charge in [0.25, 0.3) is 0 Å². The Balaban J connectivity index is 2.41. The summed E-state index contributed by atoms with van der Waals surface area (Å²) in [6.45, 7) is -0.0469. The lowest BCUT2D eigenvalue weighted by Gasteiger charge is -2.12. The van der Waals surface area contributed by atoms with Crippen LogP contribution in [0.4, 0.5) is 0 Å². The predicted octanol–water partition coefficient (Wildman–Crippen LogP) is -1.08. The Morgan fingerprint density at radius 2 is 2.11 bits per heavy atom. The van der Waals surface area contributed by atoms with Crippen LogP contribution in [-0.4, -0.2) is 34.1 Å². The summed E-state index contributed by atoms with van der Waals surface area (Å²) < 4.78 is 0. The van der Waals surface area contributed by atoms with Crippen LogP contribution in [0.3, 0.4) is 0 Å². The minimum Gasteiger partial charge on any atom is -0.396 e. The second kappa shape index (κ2) is 2.64. The summed E-state index contributed by atoms with van der Waals surface area (Å²) in [4.78, 5) is 0. The van der Waals surface area contributed by atoms with Crippen molar-refractivity contribution < 1.29 is 15.3 Å². The summed E-state index contributed by atoms with van der Waals surface area (Å²) >= 11 is 0. The molecule has 3 N–H and O–H groups in total. The first kappa shape index (κ1) is 6.99. The molecule has 0 aromatic rings. The molecule has 0 aromatic carbocycles. The zero-order valence-corrected chi connectivity index (χ0v) is 5.07. The second-order valence-corrected chi connectivity index (χ2v) is 2.40. The van der Waals surface area contributed by atoms with Crippen molar-refractivity contribution in [2.75, 3.05) is 6.61 Å². The van der Waals surface area contributed by atoms with Crippen molar-refractivity contribution in [3.05, 3.63) is 6.42 Å². The molecule has 1 fully saturated rings. The summed E-state index contributed by atoms with van der Waals surface area (Å²) in [5.41, 5.74) is 0. The Morgan fingerprint density at radius 3 is 2.33 bits per heavy atom. The van der Waals surface area contributed by atoms with Gasteiger partial charge in [-0.3, -0.25) is 0 Å². The van der Waals surface area contributed by atoms with Gasteiger partial charge in [-0.25, -0.2) is 0 Å². The van der Waals surface area contributed by atoms with Crippen molar-refractivity contribution in [2.24, 2.45) is 5.92 Å². The van der Waals surface area contributed by atoms with E-state index in [2.05, 4.69) is 0 Å². The maximum absolute atomic E-state index is 9.02. The SMILES string of the molecule is OC[C@@H]1C[CH][C@H](O)[C@@H]1O. The molecule has 1 rings (SSSR count). The molecule has 53 valence electrons. The van der Waals surface area contributed by atoms with Crippen LogP contribution in [0.25, 0.3) is 0 Å². The largest absolute Gasteiger partial charge is 0.396 e. The highest BCUT2D eigenvalue weighted by Gasteiger charge is 2.32. The van der Waals surface area contributed by atoms with Gasteiger partial charge >= 0.3 is 0 Å². The lowest BCUT2D eigenvalue weighted by atomic mass is 10.1. The smallest absolute Gasteiger partial charge is 0.0852 e. The minimum atomic E-state index is -0.755. The van der Waals surface area contributed by atoms with Crippen molar-refractivity contribution in [3.63, 3.8) is 0 Å². The monoisotopic (exact) mass is 131 g/mol. The van der Waals surface area contributed by atoms with Crippen LogP contribution in [0.15, 0.2) is 0 Å². The molecule has 0 saturated heterocycles. The maximum Gasteiger partial charge on any atom is 0.0852 e. The number of hydrogen-bond acceptors (Lipinski definition) is 3. The average molecular weight is 131 g/mol. The molecule has 0 bridgehead atoms. The zero-order chi connectivity index (χ0) is 6.85. The van der Waals surface area contributed by atoms with Crippen LogP contribution in [0.2, 0.25) is 0 Å². The molecule has 1 aliphatic rings. The van der Waals surface area contributed by atoms with Crippen LogP contribution < -0.4 is 0 Å². The molecule has 1 saturated carbocycles. The van der Waals surface area contributed by atoms with E-state index >= 15 is 0 Å². The molecule has 3 nitrogen and oxygen atoms in total. The van der Waals surface area contributed by atoms with E-state index in [1.54, 1.807) is 6.42 Å². The van der Waals surface area contributed by atoms with E-state index in [1.165, 1.54) is 0 Å². The van der Waals surface area contributed by atoms with Gasteiger partial charge in [0.15, 0.2) is 0 Å².